The van der Waals surface area contributed by atoms with Gasteiger partial charge in [-0.15, -0.1) is 6.58 Å². The highest BCUT2D eigenvalue weighted by Gasteiger charge is 2.22. The lowest BCUT2D eigenvalue weighted by Crippen LogP contribution is -2.34. The van der Waals surface area contributed by atoms with Gasteiger partial charge in [0.1, 0.15) is 0 Å². The van der Waals surface area contributed by atoms with E-state index >= 15 is 0 Å². The van der Waals surface area contributed by atoms with Gasteiger partial charge in [0.2, 0.25) is 0 Å². The number of nitrogens with one attached hydrogen (secondary N) is 1. The summed E-state index contributed by atoms with van der Waals surface area (Å²) in [6.45, 7) is 11.5. The molecular weight excluding hydrogens is 338 g/mol. The van der Waals surface area contributed by atoms with Gasteiger partial charge < -0.3 is 24.3 Å². The fourth-order valence-electron chi connectivity index (χ4n) is 1.98. The number of amides is 1. The first-order valence-electron chi connectivity index (χ1n) is 8.56. The molecule has 2 atom stereocenters. The van der Waals surface area contributed by atoms with Crippen LogP contribution in [0.15, 0.2) is 30.9 Å². The third-order valence-electron chi connectivity index (χ3n) is 3.27. The molecule has 0 fully saturated rings. The Hall–Kier alpha value is -2.54. The number of carbonyl (C=O) groups is 2. The van der Waals surface area contributed by atoms with Crippen molar-refractivity contribution in [1.82, 2.24) is 0 Å². The highest BCUT2D eigenvalue weighted by molar-refractivity contribution is 5.95. The van der Waals surface area contributed by atoms with Crippen LogP contribution in [0, 0.1) is 0 Å². The van der Waals surface area contributed by atoms with Gasteiger partial charge in [0, 0.05) is 11.8 Å². The van der Waals surface area contributed by atoms with Crippen molar-refractivity contribution in [3.05, 3.63) is 30.9 Å². The standard InChI is InChI=1S/C19H27NO6/c1-6-11-25-14(5)19(22)26-13(4)18(21)20-15-9-10-16(23-7-2)17(12-15)24-8-3/h6,9-10,12-14H,1,7-8,11H2,2-5H3,(H,20,21). The molecule has 7 heteroatoms. The molecule has 1 aromatic rings. The van der Waals surface area contributed by atoms with Gasteiger partial charge in [0.15, 0.2) is 23.7 Å². The molecule has 1 amide bonds. The van der Waals surface area contributed by atoms with Gasteiger partial charge in [-0.3, -0.25) is 4.79 Å². The Balaban J connectivity index is 2.69. The molecule has 0 radical (unpaired) electrons. The normalized spacial score (nSPS) is 12.6. The average Bonchev–Trinajstić information content (AvgIpc) is 2.61. The van der Waals surface area contributed by atoms with E-state index in [2.05, 4.69) is 11.9 Å². The first kappa shape index (κ1) is 21.5. The molecule has 0 heterocycles. The minimum atomic E-state index is -0.973. The number of hydrogen-bond acceptors (Lipinski definition) is 6. The van der Waals surface area contributed by atoms with Crippen LogP contribution in [-0.2, 0) is 19.1 Å². The number of hydrogen-bond donors (Lipinski definition) is 1. The minimum Gasteiger partial charge on any atom is -0.490 e. The van der Waals surface area contributed by atoms with Crippen LogP contribution in [0.2, 0.25) is 0 Å². The van der Waals surface area contributed by atoms with Crippen molar-refractivity contribution in [1.29, 1.82) is 0 Å². The van der Waals surface area contributed by atoms with Gasteiger partial charge in [-0.05, 0) is 39.8 Å². The first-order chi connectivity index (χ1) is 12.4. The molecule has 0 saturated carbocycles. The number of esters is 1. The van der Waals surface area contributed by atoms with Crippen LogP contribution >= 0.6 is 0 Å². The van der Waals surface area contributed by atoms with E-state index in [0.29, 0.717) is 30.4 Å². The van der Waals surface area contributed by atoms with E-state index in [0.717, 1.165) is 0 Å². The van der Waals surface area contributed by atoms with Crippen LogP contribution in [0.3, 0.4) is 0 Å². The maximum Gasteiger partial charge on any atom is 0.335 e. The van der Waals surface area contributed by atoms with Gasteiger partial charge in [-0.2, -0.15) is 0 Å². The molecule has 26 heavy (non-hydrogen) atoms. The predicted molar refractivity (Wildman–Crippen MR) is 98.6 cm³/mol. The molecule has 0 aliphatic carbocycles. The monoisotopic (exact) mass is 365 g/mol. The molecule has 144 valence electrons. The molecule has 1 N–H and O–H groups in total. The number of carbonyl (C=O) groups excluding carboxylic acids is 2. The van der Waals surface area contributed by atoms with Gasteiger partial charge in [-0.25, -0.2) is 4.79 Å². The Morgan fingerprint density at radius 3 is 2.38 bits per heavy atom. The third kappa shape index (κ3) is 6.76. The topological polar surface area (TPSA) is 83.1 Å². The number of ether oxygens (including phenoxy) is 4. The average molecular weight is 365 g/mol. The van der Waals surface area contributed by atoms with Gasteiger partial charge in [-0.1, -0.05) is 6.08 Å². The lowest BCUT2D eigenvalue weighted by atomic mass is 10.2. The van der Waals surface area contributed by atoms with Crippen molar-refractivity contribution < 1.29 is 28.5 Å². The maximum atomic E-state index is 12.2. The first-order valence-corrected chi connectivity index (χ1v) is 8.56. The van der Waals surface area contributed by atoms with Crippen LogP contribution in [-0.4, -0.2) is 43.9 Å². The van der Waals surface area contributed by atoms with Gasteiger partial charge >= 0.3 is 5.97 Å². The molecule has 1 rings (SSSR count). The highest BCUT2D eigenvalue weighted by atomic mass is 16.6. The molecule has 0 aliphatic heterocycles. The molecular formula is C19H27NO6. The van der Waals surface area contributed by atoms with Crippen molar-refractivity contribution >= 4 is 17.6 Å². The summed E-state index contributed by atoms with van der Waals surface area (Å²) in [5, 5.41) is 2.69. The van der Waals surface area contributed by atoms with Crippen LogP contribution < -0.4 is 14.8 Å². The van der Waals surface area contributed by atoms with Gasteiger partial charge in [0.05, 0.1) is 19.8 Å². The summed E-state index contributed by atoms with van der Waals surface area (Å²) in [4.78, 5) is 24.1. The summed E-state index contributed by atoms with van der Waals surface area (Å²) in [5.74, 6) is 0.0559. The summed E-state index contributed by atoms with van der Waals surface area (Å²) in [6.07, 6.45) is -0.223. The van der Waals surface area contributed by atoms with E-state index in [1.807, 2.05) is 13.8 Å². The quantitative estimate of drug-likeness (QED) is 0.479. The van der Waals surface area contributed by atoms with Crippen LogP contribution in [0.5, 0.6) is 11.5 Å². The smallest absolute Gasteiger partial charge is 0.335 e. The second-order valence-corrected chi connectivity index (χ2v) is 5.36. The summed E-state index contributed by atoms with van der Waals surface area (Å²) < 4.78 is 21.3. The Kier molecular flexibility index (Phi) is 9.22. The van der Waals surface area contributed by atoms with Crippen molar-refractivity contribution in [2.75, 3.05) is 25.1 Å². The zero-order chi connectivity index (χ0) is 19.5. The fraction of sp³-hybridized carbons (Fsp3) is 0.474. The predicted octanol–water partition coefficient (Wildman–Crippen LogP) is 2.95. The molecule has 0 saturated heterocycles. The SMILES string of the molecule is C=CCOC(C)C(=O)OC(C)C(=O)Nc1ccc(OCC)c(OCC)c1. The molecule has 1 aromatic carbocycles. The molecule has 0 bridgehead atoms. The summed E-state index contributed by atoms with van der Waals surface area (Å²) in [6, 6.07) is 5.07. The van der Waals surface area contributed by atoms with Crippen molar-refractivity contribution in [3.63, 3.8) is 0 Å². The van der Waals surface area contributed by atoms with Gasteiger partial charge in [0.25, 0.3) is 5.91 Å². The molecule has 0 aromatic heterocycles. The summed E-state index contributed by atoms with van der Waals surface area (Å²) in [5.41, 5.74) is 0.515. The van der Waals surface area contributed by atoms with Crippen LogP contribution in [0.1, 0.15) is 27.7 Å². The Morgan fingerprint density at radius 2 is 1.77 bits per heavy atom. The largest absolute Gasteiger partial charge is 0.490 e. The van der Waals surface area contributed by atoms with Crippen LogP contribution in [0.4, 0.5) is 5.69 Å². The fourth-order valence-corrected chi connectivity index (χ4v) is 1.98. The van der Waals surface area contributed by atoms with E-state index in [1.54, 1.807) is 25.1 Å². The molecule has 2 unspecified atom stereocenters. The van der Waals surface area contributed by atoms with E-state index < -0.39 is 24.1 Å². The summed E-state index contributed by atoms with van der Waals surface area (Å²) >= 11 is 0. The number of rotatable bonds is 11. The molecule has 0 spiro atoms. The van der Waals surface area contributed by atoms with E-state index in [-0.39, 0.29) is 6.61 Å². The number of benzene rings is 1. The van der Waals surface area contributed by atoms with E-state index in [4.69, 9.17) is 18.9 Å². The van der Waals surface area contributed by atoms with E-state index in [1.165, 1.54) is 13.0 Å². The summed E-state index contributed by atoms with van der Waals surface area (Å²) in [7, 11) is 0. The van der Waals surface area contributed by atoms with Crippen molar-refractivity contribution in [3.8, 4) is 11.5 Å². The van der Waals surface area contributed by atoms with Crippen molar-refractivity contribution in [2.45, 2.75) is 39.9 Å². The zero-order valence-corrected chi connectivity index (χ0v) is 15.7. The lowest BCUT2D eigenvalue weighted by Gasteiger charge is -2.17. The molecule has 7 nitrogen and oxygen atoms in total. The molecule has 0 aliphatic rings. The Bertz CT molecular complexity index is 616. The Morgan fingerprint density at radius 1 is 1.12 bits per heavy atom. The van der Waals surface area contributed by atoms with Crippen molar-refractivity contribution in [2.24, 2.45) is 0 Å². The Labute approximate surface area is 154 Å². The second-order valence-electron chi connectivity index (χ2n) is 5.36. The lowest BCUT2D eigenvalue weighted by molar-refractivity contribution is -0.163. The maximum absolute atomic E-state index is 12.2. The highest BCUT2D eigenvalue weighted by Crippen LogP contribution is 2.30. The third-order valence-corrected chi connectivity index (χ3v) is 3.27. The number of anilines is 1. The zero-order valence-electron chi connectivity index (χ0n) is 15.7. The van der Waals surface area contributed by atoms with E-state index in [9.17, 15) is 9.59 Å². The second kappa shape index (κ2) is 11.1. The minimum absolute atomic E-state index is 0.225. The van der Waals surface area contributed by atoms with Crippen LogP contribution in [0.25, 0.3) is 0 Å².